The molecule has 0 amide bonds. The molecule has 94 valence electrons. The molecule has 0 aliphatic rings. The van der Waals surface area contributed by atoms with Crippen molar-refractivity contribution in [3.05, 3.63) is 29.3 Å². The largest absolute Gasteiger partial charge is 1.00 e. The second-order valence-electron chi connectivity index (χ2n) is 2.91. The summed E-state index contributed by atoms with van der Waals surface area (Å²) in [5.74, 6) is -7.28. The maximum absolute atomic E-state index is 12.9. The second kappa shape index (κ2) is 6.93. The Labute approximate surface area is 106 Å². The van der Waals surface area contributed by atoms with Gasteiger partial charge in [0, 0.05) is 0 Å². The molecule has 1 aromatic carbocycles. The third-order valence-electron chi connectivity index (χ3n) is 1.75. The molecule has 0 atom stereocenters. The minimum absolute atomic E-state index is 0. The molecule has 0 aromatic heterocycles. The number of halogens is 4. The molecule has 0 saturated heterocycles. The molecule has 0 aliphatic heterocycles. The molecule has 0 saturated carbocycles. The van der Waals surface area contributed by atoms with Crippen LogP contribution in [0.4, 0.5) is 17.6 Å². The van der Waals surface area contributed by atoms with E-state index < -0.39 is 29.0 Å². The fourth-order valence-corrected chi connectivity index (χ4v) is 0.947. The SMILES string of the molecule is CCCCOc1c(F)c(F)[c-]c(F)c1F.[Au+]. The van der Waals surface area contributed by atoms with Crippen molar-refractivity contribution < 1.29 is 44.7 Å². The Morgan fingerprint density at radius 1 is 1.06 bits per heavy atom. The predicted octanol–water partition coefficient (Wildman–Crippen LogP) is 3.22. The first kappa shape index (κ1) is 15.5. The standard InChI is InChI=1S/C10H9F4O.Au/c1-2-3-4-15-10-8(13)6(11)5-7(12)9(10)14;/h2-4H2,1H3;/q-1;+1. The average Bonchev–Trinajstić information content (AvgIpc) is 2.20. The molecular weight excluding hydrogens is 409 g/mol. The monoisotopic (exact) mass is 418 g/mol. The summed E-state index contributed by atoms with van der Waals surface area (Å²) in [6, 6.07) is 1.27. The van der Waals surface area contributed by atoms with Gasteiger partial charge in [0.2, 0.25) is 0 Å². The van der Waals surface area contributed by atoms with E-state index in [1.165, 1.54) is 6.07 Å². The molecule has 0 radical (unpaired) electrons. The van der Waals surface area contributed by atoms with Gasteiger partial charge >= 0.3 is 22.4 Å². The first-order valence-electron chi connectivity index (χ1n) is 4.46. The van der Waals surface area contributed by atoms with Crippen LogP contribution in [0.25, 0.3) is 0 Å². The molecule has 1 rings (SSSR count). The summed E-state index contributed by atoms with van der Waals surface area (Å²) in [6.07, 6.45) is 1.29. The van der Waals surface area contributed by atoms with Crippen LogP contribution in [-0.4, -0.2) is 6.61 Å². The summed E-state index contributed by atoms with van der Waals surface area (Å²) in [4.78, 5) is 0. The summed E-state index contributed by atoms with van der Waals surface area (Å²) in [7, 11) is 0. The summed E-state index contributed by atoms with van der Waals surface area (Å²) in [6.45, 7) is 1.85. The van der Waals surface area contributed by atoms with Crippen LogP contribution in [0.3, 0.4) is 0 Å². The van der Waals surface area contributed by atoms with Crippen LogP contribution >= 0.6 is 0 Å². The Morgan fingerprint density at radius 2 is 1.56 bits per heavy atom. The van der Waals surface area contributed by atoms with Gasteiger partial charge in [0.25, 0.3) is 0 Å². The minimum atomic E-state index is -1.58. The Morgan fingerprint density at radius 3 is 2.00 bits per heavy atom. The van der Waals surface area contributed by atoms with Gasteiger partial charge in [-0.1, -0.05) is 13.3 Å². The normalized spacial score (nSPS) is 9.81. The van der Waals surface area contributed by atoms with Crippen LogP contribution in [0, 0.1) is 29.3 Å². The van der Waals surface area contributed by atoms with E-state index in [1.54, 1.807) is 0 Å². The van der Waals surface area contributed by atoms with E-state index >= 15 is 0 Å². The van der Waals surface area contributed by atoms with Crippen molar-refractivity contribution in [2.45, 2.75) is 19.8 Å². The van der Waals surface area contributed by atoms with E-state index in [1.807, 2.05) is 6.92 Å². The predicted molar refractivity (Wildman–Crippen MR) is 45.5 cm³/mol. The van der Waals surface area contributed by atoms with Gasteiger partial charge in [-0.2, -0.15) is 0 Å². The Balaban J connectivity index is 0.00000225. The number of benzene rings is 1. The number of unbranched alkanes of at least 4 members (excludes halogenated alkanes) is 1. The number of rotatable bonds is 4. The Bertz CT molecular complexity index is 331. The van der Waals surface area contributed by atoms with Crippen LogP contribution in [0.2, 0.25) is 0 Å². The molecule has 0 spiro atoms. The zero-order valence-electron chi connectivity index (χ0n) is 8.34. The van der Waals surface area contributed by atoms with Gasteiger partial charge in [-0.25, -0.2) is 8.78 Å². The van der Waals surface area contributed by atoms with E-state index in [0.29, 0.717) is 6.42 Å². The first-order valence-corrected chi connectivity index (χ1v) is 4.46. The maximum atomic E-state index is 12.9. The third kappa shape index (κ3) is 3.50. The zero-order valence-corrected chi connectivity index (χ0v) is 10.5. The van der Waals surface area contributed by atoms with Crippen molar-refractivity contribution in [3.8, 4) is 5.75 Å². The molecule has 0 aliphatic carbocycles. The smallest absolute Gasteiger partial charge is 0.513 e. The van der Waals surface area contributed by atoms with E-state index in [4.69, 9.17) is 0 Å². The molecule has 6 heteroatoms. The molecule has 0 fully saturated rings. The van der Waals surface area contributed by atoms with Gasteiger partial charge < -0.3 is 4.74 Å². The maximum Gasteiger partial charge on any atom is 1.00 e. The van der Waals surface area contributed by atoms with Crippen molar-refractivity contribution in [1.29, 1.82) is 0 Å². The van der Waals surface area contributed by atoms with Gasteiger partial charge in [-0.3, -0.25) is 8.78 Å². The van der Waals surface area contributed by atoms with E-state index in [0.717, 1.165) is 6.42 Å². The van der Waals surface area contributed by atoms with Gasteiger partial charge in [0.05, 0.1) is 35.6 Å². The number of hydrogen-bond acceptors (Lipinski definition) is 1. The van der Waals surface area contributed by atoms with Crippen LogP contribution in [0.1, 0.15) is 19.8 Å². The molecule has 0 heterocycles. The van der Waals surface area contributed by atoms with Gasteiger partial charge in [0.15, 0.2) is 0 Å². The fourth-order valence-electron chi connectivity index (χ4n) is 0.947. The topological polar surface area (TPSA) is 9.23 Å². The van der Waals surface area contributed by atoms with Crippen LogP contribution in [0.5, 0.6) is 5.75 Å². The summed E-state index contributed by atoms with van der Waals surface area (Å²) in [5.41, 5.74) is 0. The van der Waals surface area contributed by atoms with Crippen LogP contribution in [0.15, 0.2) is 0 Å². The molecule has 1 nitrogen and oxygen atoms in total. The zero-order chi connectivity index (χ0) is 11.4. The van der Waals surface area contributed by atoms with Crippen molar-refractivity contribution >= 4 is 0 Å². The molecule has 0 N–H and O–H groups in total. The van der Waals surface area contributed by atoms with Crippen molar-refractivity contribution in [2.24, 2.45) is 0 Å². The van der Waals surface area contributed by atoms with E-state index in [2.05, 4.69) is 4.74 Å². The fraction of sp³-hybridized carbons (Fsp3) is 0.400. The molecular formula is C10H9AuF4O. The Kier molecular flexibility index (Phi) is 6.71. The molecule has 0 bridgehead atoms. The van der Waals surface area contributed by atoms with E-state index in [9.17, 15) is 17.6 Å². The molecule has 0 unspecified atom stereocenters. The van der Waals surface area contributed by atoms with Crippen molar-refractivity contribution in [1.82, 2.24) is 0 Å². The Hall–Kier alpha value is -0.520. The molecule has 16 heavy (non-hydrogen) atoms. The summed E-state index contributed by atoms with van der Waals surface area (Å²) >= 11 is 0. The number of hydrogen-bond donors (Lipinski definition) is 0. The molecule has 1 aromatic rings. The number of ether oxygens (including phenoxy) is 1. The van der Waals surface area contributed by atoms with Gasteiger partial charge in [0.1, 0.15) is 0 Å². The average molecular weight is 418 g/mol. The van der Waals surface area contributed by atoms with Crippen LogP contribution < -0.4 is 4.74 Å². The summed E-state index contributed by atoms with van der Waals surface area (Å²) < 4.78 is 55.7. The van der Waals surface area contributed by atoms with Crippen molar-refractivity contribution in [2.75, 3.05) is 6.61 Å². The van der Waals surface area contributed by atoms with Gasteiger partial charge in [-0.15, -0.1) is 6.07 Å². The first-order chi connectivity index (χ1) is 7.07. The third-order valence-corrected chi connectivity index (χ3v) is 1.75. The van der Waals surface area contributed by atoms with E-state index in [-0.39, 0.29) is 29.0 Å². The summed E-state index contributed by atoms with van der Waals surface area (Å²) in [5, 5.41) is 0. The van der Waals surface area contributed by atoms with Crippen molar-refractivity contribution in [3.63, 3.8) is 0 Å². The second-order valence-corrected chi connectivity index (χ2v) is 2.91. The van der Waals surface area contributed by atoms with Crippen LogP contribution in [-0.2, 0) is 22.4 Å². The van der Waals surface area contributed by atoms with Gasteiger partial charge in [-0.05, 0) is 6.42 Å². The quantitative estimate of drug-likeness (QED) is 0.240. The minimum Gasteiger partial charge on any atom is -0.513 e.